The van der Waals surface area contributed by atoms with Crippen LogP contribution in [0.3, 0.4) is 0 Å². The number of nitrogens with two attached hydrogens (primary N) is 1. The summed E-state index contributed by atoms with van der Waals surface area (Å²) >= 11 is 0. The normalized spacial score (nSPS) is 11.9. The van der Waals surface area contributed by atoms with Gasteiger partial charge in [-0.2, -0.15) is 0 Å². The van der Waals surface area contributed by atoms with Crippen molar-refractivity contribution in [1.82, 2.24) is 4.90 Å². The van der Waals surface area contributed by atoms with Crippen molar-refractivity contribution in [3.8, 4) is 0 Å². The molecule has 0 aliphatic carbocycles. The van der Waals surface area contributed by atoms with E-state index in [1.807, 2.05) is 32.0 Å². The van der Waals surface area contributed by atoms with E-state index in [2.05, 4.69) is 13.0 Å². The molecule has 0 radical (unpaired) electrons. The SMILES string of the molecule is Cc1ccccc1CN(C)C(=O)C(N)C(C)C.Cl. The number of nitrogens with zero attached hydrogens (tertiary/aromatic N) is 1. The molecular formula is C14H23ClN2O. The molecule has 2 N–H and O–H groups in total. The quantitative estimate of drug-likeness (QED) is 0.913. The third kappa shape index (κ3) is 4.31. The summed E-state index contributed by atoms with van der Waals surface area (Å²) in [5.41, 5.74) is 8.23. The highest BCUT2D eigenvalue weighted by molar-refractivity contribution is 5.85. The van der Waals surface area contributed by atoms with Gasteiger partial charge in [-0.1, -0.05) is 38.1 Å². The topological polar surface area (TPSA) is 46.3 Å². The minimum Gasteiger partial charge on any atom is -0.340 e. The minimum atomic E-state index is -0.413. The summed E-state index contributed by atoms with van der Waals surface area (Å²) in [5, 5.41) is 0. The molecule has 0 saturated heterocycles. The molecule has 0 saturated carbocycles. The van der Waals surface area contributed by atoms with E-state index in [0.29, 0.717) is 6.54 Å². The van der Waals surface area contributed by atoms with Crippen LogP contribution in [0, 0.1) is 12.8 Å². The number of likely N-dealkylation sites (N-methyl/N-ethyl adjacent to an activating group) is 1. The smallest absolute Gasteiger partial charge is 0.239 e. The first kappa shape index (κ1) is 16.9. The van der Waals surface area contributed by atoms with Crippen LogP contribution in [0.1, 0.15) is 25.0 Å². The molecule has 1 aromatic carbocycles. The molecule has 0 aromatic heterocycles. The van der Waals surface area contributed by atoms with Crippen LogP contribution < -0.4 is 5.73 Å². The summed E-state index contributed by atoms with van der Waals surface area (Å²) in [7, 11) is 1.80. The van der Waals surface area contributed by atoms with Crippen LogP contribution in [-0.2, 0) is 11.3 Å². The first-order valence-corrected chi connectivity index (χ1v) is 5.98. The Morgan fingerprint density at radius 2 is 1.89 bits per heavy atom. The van der Waals surface area contributed by atoms with Gasteiger partial charge in [0.05, 0.1) is 6.04 Å². The predicted octanol–water partition coefficient (Wildman–Crippen LogP) is 2.36. The largest absolute Gasteiger partial charge is 0.340 e. The highest BCUT2D eigenvalue weighted by Gasteiger charge is 2.21. The number of rotatable bonds is 4. The van der Waals surface area contributed by atoms with Crippen molar-refractivity contribution in [1.29, 1.82) is 0 Å². The standard InChI is InChI=1S/C14H22N2O.ClH/c1-10(2)13(15)14(17)16(4)9-12-8-6-5-7-11(12)3;/h5-8,10,13H,9,15H2,1-4H3;1H. The molecule has 18 heavy (non-hydrogen) atoms. The van der Waals surface area contributed by atoms with Gasteiger partial charge in [0.1, 0.15) is 0 Å². The number of halogens is 1. The number of carbonyl (C=O) groups is 1. The fourth-order valence-electron chi connectivity index (χ4n) is 1.66. The lowest BCUT2D eigenvalue weighted by Gasteiger charge is -2.24. The molecule has 4 heteroatoms. The molecule has 1 aromatic rings. The van der Waals surface area contributed by atoms with Gasteiger partial charge < -0.3 is 10.6 Å². The van der Waals surface area contributed by atoms with Crippen LogP contribution in [0.25, 0.3) is 0 Å². The van der Waals surface area contributed by atoms with E-state index < -0.39 is 6.04 Å². The van der Waals surface area contributed by atoms with Crippen LogP contribution in [-0.4, -0.2) is 23.9 Å². The summed E-state index contributed by atoms with van der Waals surface area (Å²) in [6, 6.07) is 7.67. The molecule has 102 valence electrons. The molecule has 1 rings (SSSR count). The summed E-state index contributed by atoms with van der Waals surface area (Å²) in [5.74, 6) is 0.171. The van der Waals surface area contributed by atoms with Crippen LogP contribution in [0.4, 0.5) is 0 Å². The van der Waals surface area contributed by atoms with E-state index in [-0.39, 0.29) is 24.2 Å². The van der Waals surface area contributed by atoms with E-state index in [4.69, 9.17) is 5.73 Å². The average Bonchev–Trinajstić information content (AvgIpc) is 2.30. The average molecular weight is 271 g/mol. The van der Waals surface area contributed by atoms with E-state index >= 15 is 0 Å². The maximum atomic E-state index is 12.0. The number of hydrogen-bond acceptors (Lipinski definition) is 2. The van der Waals surface area contributed by atoms with E-state index in [1.54, 1.807) is 11.9 Å². The molecular weight excluding hydrogens is 248 g/mol. The predicted molar refractivity (Wildman–Crippen MR) is 77.7 cm³/mol. The lowest BCUT2D eigenvalue weighted by atomic mass is 10.0. The zero-order valence-corrected chi connectivity index (χ0v) is 12.3. The highest BCUT2D eigenvalue weighted by Crippen LogP contribution is 2.11. The van der Waals surface area contributed by atoms with E-state index in [0.717, 1.165) is 0 Å². The summed E-state index contributed by atoms with van der Waals surface area (Å²) < 4.78 is 0. The first-order valence-electron chi connectivity index (χ1n) is 5.98. The van der Waals surface area contributed by atoms with E-state index in [9.17, 15) is 4.79 Å². The van der Waals surface area contributed by atoms with Crippen molar-refractivity contribution in [2.45, 2.75) is 33.4 Å². The summed E-state index contributed by atoms with van der Waals surface area (Å²) in [6.45, 7) is 6.59. The van der Waals surface area contributed by atoms with Gasteiger partial charge in [-0.3, -0.25) is 4.79 Å². The Hall–Kier alpha value is -1.06. The number of amides is 1. The molecule has 3 nitrogen and oxygen atoms in total. The Morgan fingerprint density at radius 1 is 1.33 bits per heavy atom. The second-order valence-corrected chi connectivity index (χ2v) is 4.89. The van der Waals surface area contributed by atoms with Gasteiger partial charge in [0.25, 0.3) is 0 Å². The number of benzene rings is 1. The first-order chi connectivity index (χ1) is 7.93. The molecule has 1 unspecified atom stereocenters. The number of carbonyl (C=O) groups excluding carboxylic acids is 1. The highest BCUT2D eigenvalue weighted by atomic mass is 35.5. The third-order valence-corrected chi connectivity index (χ3v) is 3.05. The summed E-state index contributed by atoms with van der Waals surface area (Å²) in [4.78, 5) is 13.7. The Labute approximate surface area is 116 Å². The van der Waals surface area contributed by atoms with Gasteiger partial charge in [0.2, 0.25) is 5.91 Å². The lowest BCUT2D eigenvalue weighted by molar-refractivity contribution is -0.132. The van der Waals surface area contributed by atoms with Crippen LogP contribution >= 0.6 is 12.4 Å². The van der Waals surface area contributed by atoms with Crippen molar-refractivity contribution in [2.75, 3.05) is 7.05 Å². The molecule has 0 heterocycles. The Morgan fingerprint density at radius 3 is 2.39 bits per heavy atom. The van der Waals surface area contributed by atoms with Gasteiger partial charge in [-0.05, 0) is 24.0 Å². The lowest BCUT2D eigenvalue weighted by Crippen LogP contribution is -2.44. The zero-order chi connectivity index (χ0) is 13.0. The Kier molecular flexibility index (Phi) is 6.96. The zero-order valence-electron chi connectivity index (χ0n) is 11.5. The van der Waals surface area contributed by atoms with Crippen molar-refractivity contribution < 1.29 is 4.79 Å². The van der Waals surface area contributed by atoms with E-state index in [1.165, 1.54) is 11.1 Å². The van der Waals surface area contributed by atoms with Crippen molar-refractivity contribution in [3.63, 3.8) is 0 Å². The van der Waals surface area contributed by atoms with Crippen molar-refractivity contribution in [2.24, 2.45) is 11.7 Å². The monoisotopic (exact) mass is 270 g/mol. The van der Waals surface area contributed by atoms with Gasteiger partial charge in [0.15, 0.2) is 0 Å². The second kappa shape index (κ2) is 7.39. The molecule has 0 fully saturated rings. The number of aryl methyl sites for hydroxylation is 1. The molecule has 0 bridgehead atoms. The van der Waals surface area contributed by atoms with Crippen molar-refractivity contribution in [3.05, 3.63) is 35.4 Å². The Balaban J connectivity index is 0.00000289. The van der Waals surface area contributed by atoms with Gasteiger partial charge in [0, 0.05) is 13.6 Å². The van der Waals surface area contributed by atoms with Crippen LogP contribution in [0.15, 0.2) is 24.3 Å². The third-order valence-electron chi connectivity index (χ3n) is 3.05. The molecule has 1 atom stereocenters. The Bertz CT molecular complexity index is 393. The van der Waals surface area contributed by atoms with Gasteiger partial charge in [-0.15, -0.1) is 12.4 Å². The fourth-order valence-corrected chi connectivity index (χ4v) is 1.66. The maximum absolute atomic E-state index is 12.0. The molecule has 0 spiro atoms. The van der Waals surface area contributed by atoms with Gasteiger partial charge >= 0.3 is 0 Å². The van der Waals surface area contributed by atoms with Crippen LogP contribution in [0.5, 0.6) is 0 Å². The molecule has 0 aliphatic rings. The molecule has 0 aliphatic heterocycles. The maximum Gasteiger partial charge on any atom is 0.239 e. The minimum absolute atomic E-state index is 0. The fraction of sp³-hybridized carbons (Fsp3) is 0.500. The second-order valence-electron chi connectivity index (χ2n) is 4.89. The van der Waals surface area contributed by atoms with Crippen LogP contribution in [0.2, 0.25) is 0 Å². The van der Waals surface area contributed by atoms with Crippen molar-refractivity contribution >= 4 is 18.3 Å². The number of hydrogen-bond donors (Lipinski definition) is 1. The molecule has 1 amide bonds. The van der Waals surface area contributed by atoms with Gasteiger partial charge in [-0.25, -0.2) is 0 Å². The summed E-state index contributed by atoms with van der Waals surface area (Å²) in [6.07, 6.45) is 0.